The Morgan fingerprint density at radius 2 is 1.96 bits per heavy atom. The first-order chi connectivity index (χ1) is 12.3. The third-order valence-electron chi connectivity index (χ3n) is 8.27. The number of carbonyl (C=O) groups excluding carboxylic acids is 3. The second kappa shape index (κ2) is 7.09. The molecule has 7 atom stereocenters. The number of ketones is 1. The van der Waals surface area contributed by atoms with Gasteiger partial charge in [-0.3, -0.25) is 9.59 Å². The molecule has 0 aromatic heterocycles. The van der Waals surface area contributed by atoms with Crippen LogP contribution in [-0.2, 0) is 19.1 Å². The van der Waals surface area contributed by atoms with Crippen LogP contribution in [0.1, 0.15) is 79.1 Å². The van der Waals surface area contributed by atoms with Crippen molar-refractivity contribution in [3.05, 3.63) is 0 Å². The van der Waals surface area contributed by atoms with E-state index in [2.05, 4.69) is 6.92 Å². The molecule has 3 aliphatic carbocycles. The molecular weight excluding hydrogens is 328 g/mol. The number of carbonyl (C=O) groups is 3. The molecule has 146 valence electrons. The first-order valence-corrected chi connectivity index (χ1v) is 10.4. The Kier molecular flexibility index (Phi) is 5.33. The first-order valence-electron chi connectivity index (χ1n) is 10.4. The Labute approximate surface area is 157 Å². The first kappa shape index (κ1) is 19.6. The summed E-state index contributed by atoms with van der Waals surface area (Å²) in [6, 6.07) is 0. The smallest absolute Gasteiger partial charge is 0.302 e. The van der Waals surface area contributed by atoms with Crippen LogP contribution < -0.4 is 0 Å². The summed E-state index contributed by atoms with van der Waals surface area (Å²) in [6.07, 6.45) is 8.53. The Balaban J connectivity index is 1.79. The third kappa shape index (κ3) is 3.03. The number of hydrogen-bond acceptors (Lipinski definition) is 4. The van der Waals surface area contributed by atoms with E-state index in [9.17, 15) is 14.4 Å². The Morgan fingerprint density at radius 3 is 2.58 bits per heavy atom. The maximum atomic E-state index is 13.4. The van der Waals surface area contributed by atoms with Gasteiger partial charge in [-0.1, -0.05) is 20.8 Å². The van der Waals surface area contributed by atoms with Gasteiger partial charge in [0.1, 0.15) is 18.2 Å². The van der Waals surface area contributed by atoms with Crippen LogP contribution in [0.3, 0.4) is 0 Å². The number of ether oxygens (including phenoxy) is 1. The SMILES string of the molecule is CC[C@H](C=O)[C@@]1(C)CC[C@H]2[C@@H](CC[C@@H]3C[C@@H](OC(C)=O)CC[C@@]32C)C1=O. The predicted octanol–water partition coefficient (Wildman–Crippen LogP) is 4.35. The number of Topliss-reactive ketones (excluding diaryl/α,β-unsaturated/α-hetero) is 1. The average Bonchev–Trinajstić information content (AvgIpc) is 2.59. The van der Waals surface area contributed by atoms with Crippen molar-refractivity contribution in [2.75, 3.05) is 0 Å². The summed E-state index contributed by atoms with van der Waals surface area (Å²) in [4.78, 5) is 36.3. The van der Waals surface area contributed by atoms with Crippen LogP contribution in [-0.4, -0.2) is 24.1 Å². The molecule has 0 amide bonds. The van der Waals surface area contributed by atoms with Crippen molar-refractivity contribution in [2.24, 2.45) is 34.5 Å². The van der Waals surface area contributed by atoms with E-state index in [-0.39, 0.29) is 29.3 Å². The van der Waals surface area contributed by atoms with Crippen LogP contribution in [0.15, 0.2) is 0 Å². The van der Waals surface area contributed by atoms with Gasteiger partial charge in [-0.2, -0.15) is 0 Å². The summed E-state index contributed by atoms with van der Waals surface area (Å²) in [5.41, 5.74) is -0.310. The fourth-order valence-corrected chi connectivity index (χ4v) is 6.61. The molecule has 0 aromatic carbocycles. The molecule has 0 unspecified atom stereocenters. The summed E-state index contributed by atoms with van der Waals surface area (Å²) < 4.78 is 5.49. The molecule has 0 aromatic rings. The van der Waals surface area contributed by atoms with Gasteiger partial charge in [-0.15, -0.1) is 0 Å². The van der Waals surface area contributed by atoms with Crippen molar-refractivity contribution in [3.8, 4) is 0 Å². The van der Waals surface area contributed by atoms with E-state index in [1.807, 2.05) is 13.8 Å². The minimum absolute atomic E-state index is 0.0474. The van der Waals surface area contributed by atoms with Gasteiger partial charge in [-0.25, -0.2) is 0 Å². The Hall–Kier alpha value is -1.19. The number of hydrogen-bond donors (Lipinski definition) is 0. The van der Waals surface area contributed by atoms with Crippen molar-refractivity contribution in [1.29, 1.82) is 0 Å². The van der Waals surface area contributed by atoms with Gasteiger partial charge in [0.15, 0.2) is 0 Å². The molecule has 0 bridgehead atoms. The molecule has 0 N–H and O–H groups in total. The molecule has 4 heteroatoms. The monoisotopic (exact) mass is 362 g/mol. The Bertz CT molecular complexity index is 585. The minimum Gasteiger partial charge on any atom is -0.463 e. The van der Waals surface area contributed by atoms with Gasteiger partial charge in [0, 0.05) is 24.2 Å². The number of aldehydes is 1. The van der Waals surface area contributed by atoms with Crippen molar-refractivity contribution >= 4 is 18.0 Å². The van der Waals surface area contributed by atoms with Crippen molar-refractivity contribution in [3.63, 3.8) is 0 Å². The maximum Gasteiger partial charge on any atom is 0.302 e. The van der Waals surface area contributed by atoms with Gasteiger partial charge in [0.2, 0.25) is 0 Å². The number of esters is 1. The fraction of sp³-hybridized carbons (Fsp3) is 0.864. The molecular formula is C22H34O4. The van der Waals surface area contributed by atoms with E-state index in [1.54, 1.807) is 0 Å². The molecule has 0 heterocycles. The third-order valence-corrected chi connectivity index (χ3v) is 8.27. The maximum absolute atomic E-state index is 13.4. The minimum atomic E-state index is -0.476. The average molecular weight is 363 g/mol. The standard InChI is InChI=1S/C22H34O4/c1-5-15(13-23)22(4)11-9-19-18(20(22)25)7-6-16-12-17(26-14(2)24)8-10-21(16,19)3/h13,15-19H,5-12H2,1-4H3/t15-,16-,17+,18-,19+,21+,22-/m1/s1. The van der Waals surface area contributed by atoms with E-state index in [1.165, 1.54) is 6.92 Å². The lowest BCUT2D eigenvalue weighted by Crippen LogP contribution is -2.56. The zero-order chi connectivity index (χ0) is 19.1. The van der Waals surface area contributed by atoms with Crippen molar-refractivity contribution in [2.45, 2.75) is 85.2 Å². The zero-order valence-corrected chi connectivity index (χ0v) is 16.8. The molecule has 0 radical (unpaired) electrons. The molecule has 0 spiro atoms. The highest BCUT2D eigenvalue weighted by Crippen LogP contribution is 2.61. The highest BCUT2D eigenvalue weighted by Gasteiger charge is 2.58. The van der Waals surface area contributed by atoms with Crippen LogP contribution in [0.25, 0.3) is 0 Å². The second-order valence-corrected chi connectivity index (χ2v) is 9.47. The quantitative estimate of drug-likeness (QED) is 0.551. The Morgan fingerprint density at radius 1 is 1.23 bits per heavy atom. The van der Waals surface area contributed by atoms with E-state index in [4.69, 9.17) is 4.74 Å². The molecule has 0 saturated heterocycles. The lowest BCUT2D eigenvalue weighted by Gasteiger charge is -2.58. The highest BCUT2D eigenvalue weighted by molar-refractivity contribution is 5.90. The molecule has 3 fully saturated rings. The second-order valence-electron chi connectivity index (χ2n) is 9.47. The van der Waals surface area contributed by atoms with E-state index >= 15 is 0 Å². The van der Waals surface area contributed by atoms with Crippen LogP contribution in [0.4, 0.5) is 0 Å². The predicted molar refractivity (Wildman–Crippen MR) is 99.4 cm³/mol. The summed E-state index contributed by atoms with van der Waals surface area (Å²) in [5.74, 6) is 1.07. The molecule has 3 rings (SSSR count). The highest BCUT2D eigenvalue weighted by atomic mass is 16.5. The van der Waals surface area contributed by atoms with Gasteiger partial charge in [0.05, 0.1) is 0 Å². The largest absolute Gasteiger partial charge is 0.463 e. The zero-order valence-electron chi connectivity index (χ0n) is 16.8. The van der Waals surface area contributed by atoms with Crippen LogP contribution in [0.5, 0.6) is 0 Å². The van der Waals surface area contributed by atoms with Gasteiger partial charge < -0.3 is 9.53 Å². The summed E-state index contributed by atoms with van der Waals surface area (Å²) in [5, 5.41) is 0. The van der Waals surface area contributed by atoms with Crippen molar-refractivity contribution in [1.82, 2.24) is 0 Å². The van der Waals surface area contributed by atoms with E-state index < -0.39 is 5.41 Å². The lowest BCUT2D eigenvalue weighted by molar-refractivity contribution is -0.164. The fourth-order valence-electron chi connectivity index (χ4n) is 6.61. The molecule has 4 nitrogen and oxygen atoms in total. The topological polar surface area (TPSA) is 60.4 Å². The van der Waals surface area contributed by atoms with E-state index in [0.29, 0.717) is 17.6 Å². The lowest BCUT2D eigenvalue weighted by atomic mass is 9.46. The normalized spacial score (nSPS) is 43.8. The van der Waals surface area contributed by atoms with Crippen LogP contribution in [0.2, 0.25) is 0 Å². The van der Waals surface area contributed by atoms with E-state index in [0.717, 1.165) is 57.7 Å². The van der Waals surface area contributed by atoms with Crippen molar-refractivity contribution < 1.29 is 19.1 Å². The van der Waals surface area contributed by atoms with Gasteiger partial charge >= 0.3 is 5.97 Å². The molecule has 26 heavy (non-hydrogen) atoms. The number of fused-ring (bicyclic) bond motifs is 3. The van der Waals surface area contributed by atoms with Gasteiger partial charge in [-0.05, 0) is 68.6 Å². The van der Waals surface area contributed by atoms with Crippen LogP contribution in [0, 0.1) is 34.5 Å². The van der Waals surface area contributed by atoms with Crippen LogP contribution >= 0.6 is 0 Å². The summed E-state index contributed by atoms with van der Waals surface area (Å²) in [7, 11) is 0. The van der Waals surface area contributed by atoms with Gasteiger partial charge in [0.25, 0.3) is 0 Å². The summed E-state index contributed by atoms with van der Waals surface area (Å²) >= 11 is 0. The molecule has 3 saturated carbocycles. The molecule has 0 aliphatic heterocycles. The molecule has 3 aliphatic rings. The number of rotatable bonds is 4. The summed E-state index contributed by atoms with van der Waals surface area (Å²) in [6.45, 7) is 7.90.